The lowest BCUT2D eigenvalue weighted by molar-refractivity contribution is -0.122. The number of nitrogens with zero attached hydrogens (tertiary/aromatic N) is 1. The quantitative estimate of drug-likeness (QED) is 0.743. The summed E-state index contributed by atoms with van der Waals surface area (Å²) in [4.78, 5) is 26.6. The maximum atomic E-state index is 12.6. The van der Waals surface area contributed by atoms with Crippen LogP contribution in [0.1, 0.15) is 6.92 Å². The van der Waals surface area contributed by atoms with E-state index in [9.17, 15) is 9.59 Å². The molecule has 1 heterocycles. The van der Waals surface area contributed by atoms with Crippen LogP contribution >= 0.6 is 0 Å². The van der Waals surface area contributed by atoms with Crippen LogP contribution in [0.4, 0.5) is 11.4 Å². The van der Waals surface area contributed by atoms with E-state index < -0.39 is 6.04 Å². The van der Waals surface area contributed by atoms with Gasteiger partial charge in [-0.1, -0.05) is 6.07 Å². The van der Waals surface area contributed by atoms with Crippen molar-refractivity contribution in [2.75, 3.05) is 44.5 Å². The van der Waals surface area contributed by atoms with Gasteiger partial charge in [-0.15, -0.1) is 0 Å². The number of amides is 2. The van der Waals surface area contributed by atoms with Gasteiger partial charge in [0.05, 0.1) is 19.7 Å². The number of hydrogen-bond acceptors (Lipinski definition) is 6. The number of rotatable bonds is 7. The summed E-state index contributed by atoms with van der Waals surface area (Å²) in [6, 6.07) is 11.8. The fraction of sp³-hybridized carbons (Fsp3) is 0.333. The first-order valence-electron chi connectivity index (χ1n) is 9.31. The summed E-state index contributed by atoms with van der Waals surface area (Å²) in [6.07, 6.45) is 0. The highest BCUT2D eigenvalue weighted by Crippen LogP contribution is 2.32. The molecular formula is C21H25N3O5. The molecule has 1 aliphatic heterocycles. The summed E-state index contributed by atoms with van der Waals surface area (Å²) in [5, 5.41) is 5.65. The summed E-state index contributed by atoms with van der Waals surface area (Å²) in [5.74, 6) is 1.47. The average molecular weight is 399 g/mol. The molecule has 0 radical (unpaired) electrons. The lowest BCUT2D eigenvalue weighted by Crippen LogP contribution is -2.43. The maximum absolute atomic E-state index is 12.6. The largest absolute Gasteiger partial charge is 0.497 e. The molecule has 1 aliphatic rings. The highest BCUT2D eigenvalue weighted by atomic mass is 16.6. The fourth-order valence-electron chi connectivity index (χ4n) is 2.83. The van der Waals surface area contributed by atoms with Crippen molar-refractivity contribution in [1.82, 2.24) is 4.90 Å². The number of fused-ring (bicyclic) bond motifs is 1. The van der Waals surface area contributed by atoms with E-state index in [4.69, 9.17) is 14.2 Å². The SMILES string of the molecule is COc1cccc(NC(=O)CN(C)[C@H](C)C(=O)Nc2ccc3c(c2)OCCO3)c1. The summed E-state index contributed by atoms with van der Waals surface area (Å²) < 4.78 is 16.2. The normalized spacial score (nSPS) is 13.5. The average Bonchev–Trinajstić information content (AvgIpc) is 2.73. The first-order chi connectivity index (χ1) is 14.0. The molecular weight excluding hydrogens is 374 g/mol. The molecule has 0 unspecified atom stereocenters. The third-order valence-corrected chi connectivity index (χ3v) is 4.60. The molecule has 2 amide bonds. The van der Waals surface area contributed by atoms with Crippen LogP contribution in [0, 0.1) is 0 Å². The molecule has 8 nitrogen and oxygen atoms in total. The third kappa shape index (κ3) is 5.39. The van der Waals surface area contributed by atoms with Gasteiger partial charge in [0.2, 0.25) is 11.8 Å². The van der Waals surface area contributed by atoms with Gasteiger partial charge in [-0.2, -0.15) is 0 Å². The number of carbonyl (C=O) groups is 2. The molecule has 0 bridgehead atoms. The van der Waals surface area contributed by atoms with Gasteiger partial charge in [0, 0.05) is 23.5 Å². The van der Waals surface area contributed by atoms with Gasteiger partial charge in [0.25, 0.3) is 0 Å². The monoisotopic (exact) mass is 399 g/mol. The van der Waals surface area contributed by atoms with Gasteiger partial charge in [-0.05, 0) is 38.2 Å². The van der Waals surface area contributed by atoms with Gasteiger partial charge in [0.1, 0.15) is 19.0 Å². The molecule has 8 heteroatoms. The summed E-state index contributed by atoms with van der Waals surface area (Å²) in [6.45, 7) is 2.80. The molecule has 2 N–H and O–H groups in total. The van der Waals surface area contributed by atoms with E-state index in [1.165, 1.54) is 0 Å². The van der Waals surface area contributed by atoms with Crippen molar-refractivity contribution in [1.29, 1.82) is 0 Å². The minimum atomic E-state index is -0.515. The van der Waals surface area contributed by atoms with Gasteiger partial charge in [0.15, 0.2) is 11.5 Å². The second-order valence-electron chi connectivity index (χ2n) is 6.72. The van der Waals surface area contributed by atoms with E-state index in [1.807, 2.05) is 0 Å². The van der Waals surface area contributed by atoms with Crippen LogP contribution in [0.5, 0.6) is 17.2 Å². The molecule has 2 aromatic carbocycles. The van der Waals surface area contributed by atoms with Crippen molar-refractivity contribution >= 4 is 23.2 Å². The molecule has 0 fully saturated rings. The van der Waals surface area contributed by atoms with Crippen LogP contribution in [-0.4, -0.2) is 56.7 Å². The minimum Gasteiger partial charge on any atom is -0.497 e. The standard InChI is InChI=1S/C21H25N3O5/c1-14(21(26)23-16-7-8-18-19(12-16)29-10-9-28-18)24(2)13-20(25)22-15-5-4-6-17(11-15)27-3/h4-8,11-12,14H,9-10,13H2,1-3H3,(H,22,25)(H,23,26)/t14-/m1/s1. The van der Waals surface area contributed by atoms with Crippen LogP contribution in [0.2, 0.25) is 0 Å². The highest BCUT2D eigenvalue weighted by Gasteiger charge is 2.21. The first-order valence-corrected chi connectivity index (χ1v) is 9.31. The second-order valence-corrected chi connectivity index (χ2v) is 6.72. The molecule has 0 saturated heterocycles. The van der Waals surface area contributed by atoms with Gasteiger partial charge < -0.3 is 24.8 Å². The van der Waals surface area contributed by atoms with Crippen molar-refractivity contribution < 1.29 is 23.8 Å². The Labute approximate surface area is 169 Å². The van der Waals surface area contributed by atoms with Crippen molar-refractivity contribution in [3.63, 3.8) is 0 Å². The Morgan fingerprint density at radius 3 is 2.55 bits per heavy atom. The van der Waals surface area contributed by atoms with Gasteiger partial charge in [-0.3, -0.25) is 14.5 Å². The highest BCUT2D eigenvalue weighted by molar-refractivity contribution is 5.96. The molecule has 1 atom stereocenters. The number of anilines is 2. The smallest absolute Gasteiger partial charge is 0.241 e. The van der Waals surface area contributed by atoms with Crippen molar-refractivity contribution in [3.05, 3.63) is 42.5 Å². The van der Waals surface area contributed by atoms with Crippen LogP contribution in [-0.2, 0) is 9.59 Å². The van der Waals surface area contributed by atoms with Crippen molar-refractivity contribution in [2.45, 2.75) is 13.0 Å². The number of ether oxygens (including phenoxy) is 3. The Morgan fingerprint density at radius 2 is 1.79 bits per heavy atom. The molecule has 0 aliphatic carbocycles. The van der Waals surface area contributed by atoms with Gasteiger partial charge in [-0.25, -0.2) is 0 Å². The maximum Gasteiger partial charge on any atom is 0.241 e. The molecule has 154 valence electrons. The molecule has 0 saturated carbocycles. The lowest BCUT2D eigenvalue weighted by atomic mass is 10.2. The van der Waals surface area contributed by atoms with Crippen LogP contribution < -0.4 is 24.8 Å². The van der Waals surface area contributed by atoms with E-state index in [2.05, 4.69) is 10.6 Å². The Balaban J connectivity index is 1.54. The number of benzene rings is 2. The van der Waals surface area contributed by atoms with Crippen LogP contribution in [0.25, 0.3) is 0 Å². The number of likely N-dealkylation sites (N-methyl/N-ethyl adjacent to an activating group) is 1. The molecule has 0 aromatic heterocycles. The Kier molecular flexibility index (Phi) is 6.56. The number of nitrogens with one attached hydrogen (secondary N) is 2. The number of methoxy groups -OCH3 is 1. The van der Waals surface area contributed by atoms with Crippen LogP contribution in [0.15, 0.2) is 42.5 Å². The van der Waals surface area contributed by atoms with Crippen LogP contribution in [0.3, 0.4) is 0 Å². The Hall–Kier alpha value is -3.26. The minimum absolute atomic E-state index is 0.0624. The predicted molar refractivity (Wildman–Crippen MR) is 110 cm³/mol. The lowest BCUT2D eigenvalue weighted by Gasteiger charge is -2.24. The molecule has 2 aromatic rings. The van der Waals surface area contributed by atoms with E-state index in [-0.39, 0.29) is 18.4 Å². The number of carbonyl (C=O) groups excluding carboxylic acids is 2. The van der Waals surface area contributed by atoms with Crippen molar-refractivity contribution in [2.24, 2.45) is 0 Å². The fourth-order valence-corrected chi connectivity index (χ4v) is 2.83. The van der Waals surface area contributed by atoms with Crippen molar-refractivity contribution in [3.8, 4) is 17.2 Å². The van der Waals surface area contributed by atoms with E-state index in [0.717, 1.165) is 0 Å². The summed E-state index contributed by atoms with van der Waals surface area (Å²) >= 11 is 0. The summed E-state index contributed by atoms with van der Waals surface area (Å²) in [7, 11) is 3.29. The van der Waals surface area contributed by atoms with E-state index >= 15 is 0 Å². The Morgan fingerprint density at radius 1 is 1.07 bits per heavy atom. The molecule has 3 rings (SSSR count). The zero-order valence-electron chi connectivity index (χ0n) is 16.7. The third-order valence-electron chi connectivity index (χ3n) is 4.60. The van der Waals surface area contributed by atoms with E-state index in [1.54, 1.807) is 68.4 Å². The Bertz CT molecular complexity index is 886. The molecule has 0 spiro atoms. The zero-order valence-corrected chi connectivity index (χ0v) is 16.7. The first kappa shape index (κ1) is 20.5. The topological polar surface area (TPSA) is 89.1 Å². The zero-order chi connectivity index (χ0) is 20.8. The summed E-state index contributed by atoms with van der Waals surface area (Å²) in [5.41, 5.74) is 1.25. The van der Waals surface area contributed by atoms with Gasteiger partial charge >= 0.3 is 0 Å². The number of hydrogen-bond donors (Lipinski definition) is 2. The second kappa shape index (κ2) is 9.29. The van der Waals surface area contributed by atoms with E-state index in [0.29, 0.717) is 41.8 Å². The molecule has 29 heavy (non-hydrogen) atoms. The predicted octanol–water partition coefficient (Wildman–Crippen LogP) is 2.36.